The number of likely N-dealkylation sites (tertiary alicyclic amines) is 1. The third-order valence-electron chi connectivity index (χ3n) is 3.88. The summed E-state index contributed by atoms with van der Waals surface area (Å²) in [7, 11) is -1.64. The highest BCUT2D eigenvalue weighted by Gasteiger charge is 2.29. The van der Waals surface area contributed by atoms with Crippen LogP contribution in [-0.4, -0.2) is 56.0 Å². The molecule has 1 amide bonds. The molecular formula is C14H19FN2O3S. The van der Waals surface area contributed by atoms with E-state index in [0.29, 0.717) is 31.5 Å². The van der Waals surface area contributed by atoms with E-state index in [1.807, 2.05) is 0 Å². The molecule has 2 rings (SSSR count). The highest BCUT2D eigenvalue weighted by molar-refractivity contribution is 7.88. The van der Waals surface area contributed by atoms with Crippen molar-refractivity contribution >= 4 is 15.9 Å². The molecule has 0 radical (unpaired) electrons. The van der Waals surface area contributed by atoms with Gasteiger partial charge < -0.3 is 4.90 Å². The fourth-order valence-electron chi connectivity index (χ4n) is 2.48. The van der Waals surface area contributed by atoms with Crippen molar-refractivity contribution in [1.82, 2.24) is 9.21 Å². The summed E-state index contributed by atoms with van der Waals surface area (Å²) in [5, 5.41) is 0. The van der Waals surface area contributed by atoms with E-state index >= 15 is 0 Å². The zero-order valence-corrected chi connectivity index (χ0v) is 12.9. The first-order valence-electron chi connectivity index (χ1n) is 6.77. The van der Waals surface area contributed by atoms with Crippen molar-refractivity contribution in [2.75, 3.05) is 26.4 Å². The molecule has 1 saturated heterocycles. The van der Waals surface area contributed by atoms with Crippen LogP contribution in [0.5, 0.6) is 0 Å². The highest BCUT2D eigenvalue weighted by atomic mass is 32.2. The third kappa shape index (κ3) is 3.79. The molecule has 0 aliphatic carbocycles. The van der Waals surface area contributed by atoms with Gasteiger partial charge in [-0.3, -0.25) is 4.79 Å². The molecule has 0 bridgehead atoms. The van der Waals surface area contributed by atoms with E-state index in [9.17, 15) is 17.6 Å². The Morgan fingerprint density at radius 3 is 2.24 bits per heavy atom. The molecule has 1 aromatic rings. The lowest BCUT2D eigenvalue weighted by Gasteiger charge is -2.35. The van der Waals surface area contributed by atoms with Crippen LogP contribution >= 0.6 is 0 Å². The third-order valence-corrected chi connectivity index (χ3v) is 5.22. The molecule has 116 valence electrons. The van der Waals surface area contributed by atoms with Gasteiger partial charge in [-0.15, -0.1) is 0 Å². The zero-order chi connectivity index (χ0) is 15.6. The van der Waals surface area contributed by atoms with Crippen molar-refractivity contribution < 1.29 is 17.6 Å². The number of hydrogen-bond donors (Lipinski definition) is 0. The summed E-state index contributed by atoms with van der Waals surface area (Å²) in [5.74, 6) is -0.518. The Labute approximate surface area is 124 Å². The minimum atomic E-state index is -3.21. The Kier molecular flexibility index (Phi) is 4.63. The number of amides is 1. The van der Waals surface area contributed by atoms with Crippen LogP contribution in [0.25, 0.3) is 0 Å². The van der Waals surface area contributed by atoms with Crippen LogP contribution in [0, 0.1) is 5.82 Å². The van der Waals surface area contributed by atoms with E-state index < -0.39 is 10.0 Å². The number of hydrogen-bond acceptors (Lipinski definition) is 3. The zero-order valence-electron chi connectivity index (χ0n) is 12.1. The number of carbonyl (C=O) groups excluding carboxylic acids is 1. The van der Waals surface area contributed by atoms with Gasteiger partial charge in [-0.05, 0) is 37.1 Å². The number of sulfonamides is 1. The van der Waals surface area contributed by atoms with Gasteiger partial charge in [0.25, 0.3) is 5.91 Å². The average Bonchev–Trinajstić information content (AvgIpc) is 2.46. The topological polar surface area (TPSA) is 57.7 Å². The fourth-order valence-corrected chi connectivity index (χ4v) is 3.23. The maximum atomic E-state index is 12.9. The lowest BCUT2D eigenvalue weighted by molar-refractivity contribution is 0.0686. The van der Waals surface area contributed by atoms with Gasteiger partial charge in [0.2, 0.25) is 10.0 Å². The quantitative estimate of drug-likeness (QED) is 0.845. The molecule has 1 aliphatic rings. The van der Waals surface area contributed by atoms with E-state index in [0.717, 1.165) is 0 Å². The number of nitrogens with zero attached hydrogens (tertiary/aromatic N) is 2. The molecule has 5 nitrogen and oxygen atoms in total. The Morgan fingerprint density at radius 1 is 1.24 bits per heavy atom. The first kappa shape index (κ1) is 15.9. The van der Waals surface area contributed by atoms with Gasteiger partial charge in [0.1, 0.15) is 5.82 Å². The number of piperidine rings is 1. The standard InChI is InChI=1S/C14H19FN2O3S/c1-16(21(2,19)20)13-7-9-17(10-8-13)14(18)11-3-5-12(15)6-4-11/h3-6,13H,7-10H2,1-2H3. The monoisotopic (exact) mass is 314 g/mol. The first-order valence-corrected chi connectivity index (χ1v) is 8.61. The predicted octanol–water partition coefficient (Wildman–Crippen LogP) is 1.32. The number of benzene rings is 1. The van der Waals surface area contributed by atoms with Crippen LogP contribution in [0.2, 0.25) is 0 Å². The second-order valence-corrected chi connectivity index (χ2v) is 7.35. The van der Waals surface area contributed by atoms with Gasteiger partial charge in [0, 0.05) is 31.7 Å². The number of carbonyl (C=O) groups is 1. The SMILES string of the molecule is CN(C1CCN(C(=O)c2ccc(F)cc2)CC1)S(C)(=O)=O. The van der Waals surface area contributed by atoms with Gasteiger partial charge >= 0.3 is 0 Å². The molecule has 0 N–H and O–H groups in total. The Balaban J connectivity index is 1.98. The second kappa shape index (κ2) is 6.11. The second-order valence-electron chi connectivity index (χ2n) is 5.31. The molecule has 1 fully saturated rings. The van der Waals surface area contributed by atoms with Gasteiger partial charge in [0.05, 0.1) is 6.26 Å². The lowest BCUT2D eigenvalue weighted by atomic mass is 10.0. The molecule has 0 saturated carbocycles. The number of halogens is 1. The predicted molar refractivity (Wildman–Crippen MR) is 77.9 cm³/mol. The Hall–Kier alpha value is -1.47. The fraction of sp³-hybridized carbons (Fsp3) is 0.500. The van der Waals surface area contributed by atoms with Gasteiger partial charge in [-0.25, -0.2) is 17.1 Å². The van der Waals surface area contributed by atoms with Crippen LogP contribution in [0.3, 0.4) is 0 Å². The summed E-state index contributed by atoms with van der Waals surface area (Å²) in [4.78, 5) is 13.9. The smallest absolute Gasteiger partial charge is 0.253 e. The Morgan fingerprint density at radius 2 is 1.76 bits per heavy atom. The van der Waals surface area contributed by atoms with E-state index in [1.165, 1.54) is 34.8 Å². The minimum Gasteiger partial charge on any atom is -0.339 e. The van der Waals surface area contributed by atoms with Gasteiger partial charge in [-0.1, -0.05) is 0 Å². The van der Waals surface area contributed by atoms with E-state index in [-0.39, 0.29) is 17.8 Å². The van der Waals surface area contributed by atoms with Crippen molar-refractivity contribution in [3.8, 4) is 0 Å². The van der Waals surface area contributed by atoms with Crippen molar-refractivity contribution in [2.24, 2.45) is 0 Å². The summed E-state index contributed by atoms with van der Waals surface area (Å²) < 4.78 is 37.2. The van der Waals surface area contributed by atoms with Crippen molar-refractivity contribution in [1.29, 1.82) is 0 Å². The molecule has 1 heterocycles. The van der Waals surface area contributed by atoms with Crippen LogP contribution < -0.4 is 0 Å². The van der Waals surface area contributed by atoms with E-state index in [4.69, 9.17) is 0 Å². The van der Waals surface area contributed by atoms with Crippen molar-refractivity contribution in [3.63, 3.8) is 0 Å². The minimum absolute atomic E-state index is 0.0720. The average molecular weight is 314 g/mol. The molecule has 1 aromatic carbocycles. The van der Waals surface area contributed by atoms with Crippen LogP contribution in [0.4, 0.5) is 4.39 Å². The molecule has 0 spiro atoms. The van der Waals surface area contributed by atoms with Gasteiger partial charge in [0.15, 0.2) is 0 Å². The maximum absolute atomic E-state index is 12.9. The number of rotatable bonds is 3. The van der Waals surface area contributed by atoms with E-state index in [2.05, 4.69) is 0 Å². The summed E-state index contributed by atoms with van der Waals surface area (Å²) in [6.07, 6.45) is 2.40. The summed E-state index contributed by atoms with van der Waals surface area (Å²) in [6.45, 7) is 1.00. The Bertz CT molecular complexity index is 608. The maximum Gasteiger partial charge on any atom is 0.253 e. The summed E-state index contributed by atoms with van der Waals surface area (Å²) >= 11 is 0. The highest BCUT2D eigenvalue weighted by Crippen LogP contribution is 2.19. The van der Waals surface area contributed by atoms with E-state index in [1.54, 1.807) is 11.9 Å². The van der Waals surface area contributed by atoms with Crippen LogP contribution in [0.1, 0.15) is 23.2 Å². The first-order chi connectivity index (χ1) is 9.79. The summed E-state index contributed by atoms with van der Waals surface area (Å²) in [5.41, 5.74) is 0.450. The van der Waals surface area contributed by atoms with Gasteiger partial charge in [-0.2, -0.15) is 0 Å². The molecule has 0 atom stereocenters. The largest absolute Gasteiger partial charge is 0.339 e. The van der Waals surface area contributed by atoms with Crippen molar-refractivity contribution in [3.05, 3.63) is 35.6 Å². The van der Waals surface area contributed by atoms with Crippen molar-refractivity contribution in [2.45, 2.75) is 18.9 Å². The molecule has 0 aromatic heterocycles. The summed E-state index contributed by atoms with van der Waals surface area (Å²) in [6, 6.07) is 5.38. The lowest BCUT2D eigenvalue weighted by Crippen LogP contribution is -2.47. The molecule has 21 heavy (non-hydrogen) atoms. The van der Waals surface area contributed by atoms with Crippen LogP contribution in [-0.2, 0) is 10.0 Å². The normalized spacial score (nSPS) is 17.2. The molecule has 0 unspecified atom stereocenters. The van der Waals surface area contributed by atoms with Crippen LogP contribution in [0.15, 0.2) is 24.3 Å². The molecule has 1 aliphatic heterocycles. The molecule has 7 heteroatoms. The molecular weight excluding hydrogens is 295 g/mol.